The quantitative estimate of drug-likeness (QED) is 0.628. The summed E-state index contributed by atoms with van der Waals surface area (Å²) in [6.45, 7) is 1.65. The SMILES string of the molecule is COc1ccc([C@@H]2C3=C(N=C(C)C2[N+](=O)[O-])c2ccccc2C3=O)cc1. The lowest BCUT2D eigenvalue weighted by Gasteiger charge is -2.26. The summed E-state index contributed by atoms with van der Waals surface area (Å²) in [5.41, 5.74) is 3.36. The minimum absolute atomic E-state index is 0.181. The Kier molecular flexibility index (Phi) is 3.68. The molecule has 0 radical (unpaired) electrons. The van der Waals surface area contributed by atoms with Gasteiger partial charge in [-0.1, -0.05) is 36.4 Å². The molecule has 6 nitrogen and oxygen atoms in total. The summed E-state index contributed by atoms with van der Waals surface area (Å²) >= 11 is 0. The molecular formula is C20H16N2O4. The number of hydrogen-bond donors (Lipinski definition) is 0. The monoisotopic (exact) mass is 348 g/mol. The number of fused-ring (bicyclic) bond motifs is 2. The molecule has 0 fully saturated rings. The summed E-state index contributed by atoms with van der Waals surface area (Å²) in [4.78, 5) is 28.9. The van der Waals surface area contributed by atoms with E-state index in [-0.39, 0.29) is 10.7 Å². The number of Topliss-reactive ketones (excluding diaryl/α,β-unsaturated/α-hetero) is 1. The second-order valence-corrected chi connectivity index (χ2v) is 6.37. The molecule has 0 saturated carbocycles. The van der Waals surface area contributed by atoms with Crippen LogP contribution in [-0.2, 0) is 0 Å². The second-order valence-electron chi connectivity index (χ2n) is 6.37. The molecule has 2 atom stereocenters. The van der Waals surface area contributed by atoms with Gasteiger partial charge in [-0.25, -0.2) is 4.99 Å². The van der Waals surface area contributed by atoms with Gasteiger partial charge in [0.15, 0.2) is 5.78 Å². The van der Waals surface area contributed by atoms with Crippen molar-refractivity contribution in [3.05, 3.63) is 80.9 Å². The van der Waals surface area contributed by atoms with Crippen LogP contribution in [0.15, 0.2) is 59.1 Å². The molecule has 0 N–H and O–H groups in total. The van der Waals surface area contributed by atoms with Crippen LogP contribution in [0.3, 0.4) is 0 Å². The molecule has 130 valence electrons. The number of benzene rings is 2. The minimum Gasteiger partial charge on any atom is -0.497 e. The van der Waals surface area contributed by atoms with E-state index >= 15 is 0 Å². The smallest absolute Gasteiger partial charge is 0.261 e. The number of nitrogens with zero attached hydrogens (tertiary/aromatic N) is 2. The van der Waals surface area contributed by atoms with Crippen molar-refractivity contribution in [2.24, 2.45) is 4.99 Å². The maximum atomic E-state index is 13.0. The summed E-state index contributed by atoms with van der Waals surface area (Å²) in [6, 6.07) is 13.2. The van der Waals surface area contributed by atoms with Crippen LogP contribution < -0.4 is 4.74 Å². The Bertz CT molecular complexity index is 989. The van der Waals surface area contributed by atoms with Gasteiger partial charge in [-0.05, 0) is 24.6 Å². The van der Waals surface area contributed by atoms with Crippen molar-refractivity contribution in [1.29, 1.82) is 0 Å². The van der Waals surface area contributed by atoms with Gasteiger partial charge in [0.05, 0.1) is 24.4 Å². The van der Waals surface area contributed by atoms with E-state index in [1.807, 2.05) is 12.1 Å². The third-order valence-corrected chi connectivity index (χ3v) is 4.97. The molecule has 1 unspecified atom stereocenters. The number of rotatable bonds is 3. The van der Waals surface area contributed by atoms with Crippen molar-refractivity contribution in [2.45, 2.75) is 18.9 Å². The summed E-state index contributed by atoms with van der Waals surface area (Å²) in [5, 5.41) is 11.8. The first-order valence-corrected chi connectivity index (χ1v) is 8.24. The molecule has 2 aromatic carbocycles. The zero-order chi connectivity index (χ0) is 18.4. The van der Waals surface area contributed by atoms with Crippen LogP contribution in [0, 0.1) is 10.1 Å². The molecule has 26 heavy (non-hydrogen) atoms. The van der Waals surface area contributed by atoms with Gasteiger partial charge < -0.3 is 4.74 Å². The fourth-order valence-corrected chi connectivity index (χ4v) is 3.77. The van der Waals surface area contributed by atoms with Gasteiger partial charge in [-0.2, -0.15) is 0 Å². The highest BCUT2D eigenvalue weighted by atomic mass is 16.6. The van der Waals surface area contributed by atoms with Crippen LogP contribution in [-0.4, -0.2) is 29.6 Å². The third kappa shape index (κ3) is 2.26. The molecule has 0 saturated heterocycles. The predicted molar refractivity (Wildman–Crippen MR) is 97.3 cm³/mol. The fourth-order valence-electron chi connectivity index (χ4n) is 3.77. The Morgan fingerprint density at radius 1 is 1.08 bits per heavy atom. The van der Waals surface area contributed by atoms with Crippen LogP contribution in [0.25, 0.3) is 5.70 Å². The van der Waals surface area contributed by atoms with Gasteiger partial charge in [0.2, 0.25) is 0 Å². The zero-order valence-corrected chi connectivity index (χ0v) is 14.3. The van der Waals surface area contributed by atoms with Crippen LogP contribution in [0.2, 0.25) is 0 Å². The third-order valence-electron chi connectivity index (χ3n) is 4.97. The molecule has 0 bridgehead atoms. The van der Waals surface area contributed by atoms with E-state index in [0.717, 1.165) is 5.56 Å². The molecule has 2 aromatic rings. The van der Waals surface area contributed by atoms with Crippen LogP contribution in [0.4, 0.5) is 0 Å². The molecular weight excluding hydrogens is 332 g/mol. The first kappa shape index (κ1) is 16.2. The van der Waals surface area contributed by atoms with Gasteiger partial charge in [-0.15, -0.1) is 0 Å². The van der Waals surface area contributed by atoms with Gasteiger partial charge in [-0.3, -0.25) is 14.9 Å². The molecule has 2 aliphatic rings. The van der Waals surface area contributed by atoms with Gasteiger partial charge in [0.25, 0.3) is 6.04 Å². The van der Waals surface area contributed by atoms with E-state index in [0.29, 0.717) is 33.9 Å². The van der Waals surface area contributed by atoms with Crippen molar-refractivity contribution in [3.8, 4) is 5.75 Å². The molecule has 1 heterocycles. The molecule has 0 aromatic heterocycles. The Hall–Kier alpha value is -3.28. The second kappa shape index (κ2) is 5.91. The highest BCUT2D eigenvalue weighted by Gasteiger charge is 2.48. The Labute approximate surface area is 150 Å². The van der Waals surface area contributed by atoms with Gasteiger partial charge >= 0.3 is 0 Å². The molecule has 0 spiro atoms. The Morgan fingerprint density at radius 3 is 2.35 bits per heavy atom. The van der Waals surface area contributed by atoms with Crippen molar-refractivity contribution in [3.63, 3.8) is 0 Å². The van der Waals surface area contributed by atoms with E-state index in [9.17, 15) is 14.9 Å². The van der Waals surface area contributed by atoms with E-state index in [4.69, 9.17) is 4.74 Å². The molecule has 6 heteroatoms. The zero-order valence-electron chi connectivity index (χ0n) is 14.3. The fraction of sp³-hybridized carbons (Fsp3) is 0.200. The molecule has 0 amide bonds. The first-order chi connectivity index (χ1) is 12.5. The number of ether oxygens (including phenoxy) is 1. The van der Waals surface area contributed by atoms with Crippen molar-refractivity contribution < 1.29 is 14.5 Å². The first-order valence-electron chi connectivity index (χ1n) is 8.24. The van der Waals surface area contributed by atoms with E-state index in [1.165, 1.54) is 0 Å². The summed E-state index contributed by atoms with van der Waals surface area (Å²) in [5.74, 6) is -0.203. The van der Waals surface area contributed by atoms with Crippen LogP contribution in [0.1, 0.15) is 34.3 Å². The lowest BCUT2D eigenvalue weighted by atomic mass is 9.79. The maximum Gasteiger partial charge on any atom is 0.261 e. The van der Waals surface area contributed by atoms with E-state index < -0.39 is 12.0 Å². The minimum atomic E-state index is -1.07. The molecule has 4 rings (SSSR count). The lowest BCUT2D eigenvalue weighted by molar-refractivity contribution is -0.505. The normalized spacial score (nSPS) is 21.2. The summed E-state index contributed by atoms with van der Waals surface area (Å²) in [6.07, 6.45) is 0. The van der Waals surface area contributed by atoms with Crippen molar-refractivity contribution in [2.75, 3.05) is 7.11 Å². The number of carbonyl (C=O) groups excluding carboxylic acids is 1. The standard InChI is InChI=1S/C20H16N2O4/c1-11-19(22(24)25)16(12-7-9-13(26-2)10-8-12)17-18(21-11)14-5-3-4-6-15(14)20(17)23/h3-10,16,19H,1-2H3/t16-,19?/m1/s1. The highest BCUT2D eigenvalue weighted by molar-refractivity contribution is 6.23. The maximum absolute atomic E-state index is 13.0. The Balaban J connectivity index is 1.93. The number of nitro groups is 1. The highest BCUT2D eigenvalue weighted by Crippen LogP contribution is 2.46. The van der Waals surface area contributed by atoms with Gasteiger partial charge in [0.1, 0.15) is 5.75 Å². The van der Waals surface area contributed by atoms with Gasteiger partial charge in [0, 0.05) is 21.6 Å². The van der Waals surface area contributed by atoms with Crippen molar-refractivity contribution in [1.82, 2.24) is 0 Å². The Morgan fingerprint density at radius 2 is 1.73 bits per heavy atom. The van der Waals surface area contributed by atoms with E-state index in [1.54, 1.807) is 50.4 Å². The number of methoxy groups -OCH3 is 1. The van der Waals surface area contributed by atoms with E-state index in [2.05, 4.69) is 4.99 Å². The van der Waals surface area contributed by atoms with Crippen LogP contribution >= 0.6 is 0 Å². The van der Waals surface area contributed by atoms with Crippen LogP contribution in [0.5, 0.6) is 5.75 Å². The summed E-state index contributed by atoms with van der Waals surface area (Å²) in [7, 11) is 1.56. The largest absolute Gasteiger partial charge is 0.497 e. The molecule has 1 aliphatic carbocycles. The molecule has 1 aliphatic heterocycles. The number of aliphatic imine (C=N–C) groups is 1. The average Bonchev–Trinajstić information content (AvgIpc) is 2.93. The number of ketones is 1. The predicted octanol–water partition coefficient (Wildman–Crippen LogP) is 3.51. The lowest BCUT2D eigenvalue weighted by Crippen LogP contribution is -2.38. The van der Waals surface area contributed by atoms with Crippen molar-refractivity contribution >= 4 is 17.2 Å². The average molecular weight is 348 g/mol. The number of hydrogen-bond acceptors (Lipinski definition) is 5. The number of carbonyl (C=O) groups is 1. The summed E-state index contributed by atoms with van der Waals surface area (Å²) < 4.78 is 5.17. The topological polar surface area (TPSA) is 81.8 Å².